The number of carbonyl (C=O) groups excluding carboxylic acids is 1. The van der Waals surface area contributed by atoms with Crippen molar-refractivity contribution in [3.63, 3.8) is 0 Å². The Morgan fingerprint density at radius 2 is 2.12 bits per heavy atom. The first-order valence-electron chi connectivity index (χ1n) is 4.80. The van der Waals surface area contributed by atoms with Crippen molar-refractivity contribution in [1.29, 1.82) is 0 Å². The molecule has 0 aliphatic heterocycles. The third-order valence-corrected chi connectivity index (χ3v) is 1.96. The van der Waals surface area contributed by atoms with Gasteiger partial charge in [0.1, 0.15) is 5.75 Å². The number of methoxy groups -OCH3 is 1. The van der Waals surface area contributed by atoms with E-state index >= 15 is 0 Å². The highest BCUT2D eigenvalue weighted by Gasteiger charge is 1.98. The maximum Gasteiger partial charge on any atom is 0.262 e. The largest absolute Gasteiger partial charge is 0.496 e. The smallest absolute Gasteiger partial charge is 0.262 e. The molecule has 6 heteroatoms. The van der Waals surface area contributed by atoms with Gasteiger partial charge in [0.05, 0.1) is 7.11 Å². The average Bonchev–Trinajstić information content (AvgIpc) is 2.34. The molecule has 5 nitrogen and oxygen atoms in total. The summed E-state index contributed by atoms with van der Waals surface area (Å²) in [6, 6.07) is 7.35. The molecule has 1 amide bonds. The van der Waals surface area contributed by atoms with Gasteiger partial charge in [0.2, 0.25) is 0 Å². The third-order valence-electron chi connectivity index (χ3n) is 1.86. The number of hydrogen-bond donors (Lipinski definition) is 3. The van der Waals surface area contributed by atoms with Crippen LogP contribution >= 0.6 is 12.2 Å². The minimum atomic E-state index is -0.358. The molecule has 0 aromatic heterocycles. The van der Waals surface area contributed by atoms with E-state index in [1.807, 2.05) is 24.3 Å². The van der Waals surface area contributed by atoms with Gasteiger partial charge in [-0.05, 0) is 24.4 Å². The highest BCUT2D eigenvalue weighted by Crippen LogP contribution is 2.18. The zero-order chi connectivity index (χ0) is 12.7. The number of thiocarbonyl (C=S) groups is 1. The lowest BCUT2D eigenvalue weighted by atomic mass is 10.2. The number of carbonyl (C=O) groups is 1. The quantitative estimate of drug-likeness (QED) is 0.416. The van der Waals surface area contributed by atoms with E-state index in [1.165, 1.54) is 6.08 Å². The highest BCUT2D eigenvalue weighted by atomic mass is 32.1. The van der Waals surface area contributed by atoms with Crippen LogP contribution < -0.4 is 21.3 Å². The van der Waals surface area contributed by atoms with Gasteiger partial charge in [-0.3, -0.25) is 15.6 Å². The summed E-state index contributed by atoms with van der Waals surface area (Å²) in [4.78, 5) is 11.3. The van der Waals surface area contributed by atoms with Crippen molar-refractivity contribution in [2.24, 2.45) is 5.73 Å². The number of nitrogens with one attached hydrogen (secondary N) is 2. The predicted octanol–water partition coefficient (Wildman–Crippen LogP) is 0.573. The monoisotopic (exact) mass is 251 g/mol. The number of nitrogens with two attached hydrogens (primary N) is 1. The molecule has 0 aliphatic rings. The van der Waals surface area contributed by atoms with Gasteiger partial charge in [-0.25, -0.2) is 0 Å². The Balaban J connectivity index is 2.63. The first-order valence-corrected chi connectivity index (χ1v) is 5.21. The van der Waals surface area contributed by atoms with E-state index in [0.717, 1.165) is 5.56 Å². The second-order valence-electron chi connectivity index (χ2n) is 3.05. The van der Waals surface area contributed by atoms with Crippen LogP contribution in [0.25, 0.3) is 6.08 Å². The normalized spacial score (nSPS) is 9.94. The number of para-hydroxylation sites is 1. The van der Waals surface area contributed by atoms with Crippen molar-refractivity contribution in [3.8, 4) is 5.75 Å². The molecule has 0 fully saturated rings. The summed E-state index contributed by atoms with van der Waals surface area (Å²) in [7, 11) is 1.57. The maximum atomic E-state index is 11.3. The van der Waals surface area contributed by atoms with E-state index in [2.05, 4.69) is 23.1 Å². The van der Waals surface area contributed by atoms with Crippen LogP contribution in [0.5, 0.6) is 5.75 Å². The molecule has 90 valence electrons. The van der Waals surface area contributed by atoms with Crippen molar-refractivity contribution in [1.82, 2.24) is 10.9 Å². The predicted molar refractivity (Wildman–Crippen MR) is 70.1 cm³/mol. The molecular formula is C11H13N3O2S. The fourth-order valence-corrected chi connectivity index (χ4v) is 1.19. The van der Waals surface area contributed by atoms with Gasteiger partial charge in [-0.2, -0.15) is 0 Å². The van der Waals surface area contributed by atoms with Crippen LogP contribution in [0.15, 0.2) is 30.3 Å². The molecular weight excluding hydrogens is 238 g/mol. The van der Waals surface area contributed by atoms with Crippen LogP contribution in [0.3, 0.4) is 0 Å². The minimum absolute atomic E-state index is 0.00374. The Morgan fingerprint density at radius 1 is 1.41 bits per heavy atom. The number of benzene rings is 1. The summed E-state index contributed by atoms with van der Waals surface area (Å²) in [5.74, 6) is 0.336. The minimum Gasteiger partial charge on any atom is -0.496 e. The summed E-state index contributed by atoms with van der Waals surface area (Å²) < 4.78 is 5.14. The van der Waals surface area contributed by atoms with E-state index in [4.69, 9.17) is 10.5 Å². The Kier molecular flexibility index (Phi) is 4.96. The molecule has 1 rings (SSSR count). The zero-order valence-corrected chi connectivity index (χ0v) is 10.1. The first-order chi connectivity index (χ1) is 8.13. The van der Waals surface area contributed by atoms with E-state index in [0.29, 0.717) is 5.75 Å². The van der Waals surface area contributed by atoms with Crippen molar-refractivity contribution in [3.05, 3.63) is 35.9 Å². The van der Waals surface area contributed by atoms with Crippen molar-refractivity contribution in [2.45, 2.75) is 0 Å². The molecule has 0 saturated carbocycles. The van der Waals surface area contributed by atoms with Gasteiger partial charge in [-0.1, -0.05) is 18.2 Å². The number of hydrogen-bond acceptors (Lipinski definition) is 3. The second-order valence-corrected chi connectivity index (χ2v) is 3.49. The molecule has 0 saturated heterocycles. The molecule has 4 N–H and O–H groups in total. The fourth-order valence-electron chi connectivity index (χ4n) is 1.13. The maximum absolute atomic E-state index is 11.3. The molecule has 17 heavy (non-hydrogen) atoms. The van der Waals surface area contributed by atoms with Crippen molar-refractivity contribution >= 4 is 29.3 Å². The van der Waals surface area contributed by atoms with Gasteiger partial charge in [0.25, 0.3) is 5.91 Å². The van der Waals surface area contributed by atoms with E-state index in [1.54, 1.807) is 13.2 Å². The molecule has 0 aliphatic carbocycles. The van der Waals surface area contributed by atoms with Crippen LogP contribution in [-0.4, -0.2) is 18.1 Å². The molecule has 0 bridgehead atoms. The Hall–Kier alpha value is -2.08. The van der Waals surface area contributed by atoms with Crippen molar-refractivity contribution < 1.29 is 9.53 Å². The van der Waals surface area contributed by atoms with Gasteiger partial charge in [0.15, 0.2) is 5.11 Å². The molecule has 1 aromatic rings. The fraction of sp³-hybridized carbons (Fsp3) is 0.0909. The van der Waals surface area contributed by atoms with Gasteiger partial charge in [-0.15, -0.1) is 0 Å². The summed E-state index contributed by atoms with van der Waals surface area (Å²) in [6.45, 7) is 0. The third kappa shape index (κ3) is 4.52. The lowest BCUT2D eigenvalue weighted by molar-refractivity contribution is -0.116. The van der Waals surface area contributed by atoms with E-state index in [9.17, 15) is 4.79 Å². The Morgan fingerprint density at radius 3 is 2.76 bits per heavy atom. The first kappa shape index (κ1) is 13.0. The van der Waals surface area contributed by atoms with Crippen LogP contribution in [-0.2, 0) is 4.79 Å². The molecule has 0 spiro atoms. The molecule has 0 unspecified atom stereocenters. The summed E-state index contributed by atoms with van der Waals surface area (Å²) in [5, 5.41) is 0.00374. The lowest BCUT2D eigenvalue weighted by Gasteiger charge is -2.04. The van der Waals surface area contributed by atoms with E-state index in [-0.39, 0.29) is 11.0 Å². The van der Waals surface area contributed by atoms with Crippen LogP contribution in [0.2, 0.25) is 0 Å². The highest BCUT2D eigenvalue weighted by molar-refractivity contribution is 7.80. The topological polar surface area (TPSA) is 76.4 Å². The number of amides is 1. The molecule has 1 aromatic carbocycles. The van der Waals surface area contributed by atoms with Crippen molar-refractivity contribution in [2.75, 3.05) is 7.11 Å². The molecule has 0 atom stereocenters. The number of hydrazine groups is 1. The molecule has 0 heterocycles. The van der Waals surface area contributed by atoms with Crippen LogP contribution in [0.4, 0.5) is 0 Å². The Labute approximate surface area is 105 Å². The van der Waals surface area contributed by atoms with Gasteiger partial charge >= 0.3 is 0 Å². The number of rotatable bonds is 3. The lowest BCUT2D eigenvalue weighted by Crippen LogP contribution is -2.43. The van der Waals surface area contributed by atoms with Crippen LogP contribution in [0, 0.1) is 0 Å². The summed E-state index contributed by atoms with van der Waals surface area (Å²) in [5.41, 5.74) is 10.6. The Bertz CT molecular complexity index is 446. The molecule has 0 radical (unpaired) electrons. The summed E-state index contributed by atoms with van der Waals surface area (Å²) >= 11 is 4.54. The SMILES string of the molecule is COc1ccccc1/C=C/C(=O)NNC(N)=S. The zero-order valence-electron chi connectivity index (χ0n) is 9.27. The second kappa shape index (κ2) is 6.49. The number of ether oxygens (including phenoxy) is 1. The average molecular weight is 251 g/mol. The van der Waals surface area contributed by atoms with Crippen LogP contribution in [0.1, 0.15) is 5.56 Å². The van der Waals surface area contributed by atoms with Gasteiger partial charge in [0, 0.05) is 11.6 Å². The van der Waals surface area contributed by atoms with Gasteiger partial charge < -0.3 is 10.5 Å². The summed E-state index contributed by atoms with van der Waals surface area (Å²) in [6.07, 6.45) is 2.98. The van der Waals surface area contributed by atoms with E-state index < -0.39 is 0 Å². The standard InChI is InChI=1S/C11H13N3O2S/c1-16-9-5-3-2-4-8(9)6-7-10(15)13-14-11(12)17/h2-7H,1H3,(H,13,15)(H3,12,14,17)/b7-6+.